The maximum absolute atomic E-state index is 12.6. The van der Waals surface area contributed by atoms with Gasteiger partial charge < -0.3 is 14.2 Å². The second-order valence-corrected chi connectivity index (χ2v) is 8.82. The molecule has 0 spiro atoms. The summed E-state index contributed by atoms with van der Waals surface area (Å²) in [6.07, 6.45) is 1.49. The number of hydrogen-bond donors (Lipinski definition) is 1. The first kappa shape index (κ1) is 25.8. The van der Waals surface area contributed by atoms with Crippen molar-refractivity contribution >= 4 is 23.9 Å². The van der Waals surface area contributed by atoms with E-state index in [1.54, 1.807) is 33.5 Å². The summed E-state index contributed by atoms with van der Waals surface area (Å²) in [5, 5.41) is 13.5. The van der Waals surface area contributed by atoms with Crippen molar-refractivity contribution in [3.8, 4) is 34.3 Å². The summed E-state index contributed by atoms with van der Waals surface area (Å²) in [7, 11) is 4.63. The molecule has 0 aliphatic carbocycles. The summed E-state index contributed by atoms with van der Waals surface area (Å²) in [4.78, 5) is 12.6. The van der Waals surface area contributed by atoms with Crippen LogP contribution in [-0.2, 0) is 4.79 Å². The van der Waals surface area contributed by atoms with Crippen molar-refractivity contribution in [3.63, 3.8) is 0 Å². The van der Waals surface area contributed by atoms with Crippen LogP contribution in [0.3, 0.4) is 0 Å². The van der Waals surface area contributed by atoms with Gasteiger partial charge in [0.25, 0.3) is 5.91 Å². The lowest BCUT2D eigenvalue weighted by Gasteiger charge is -2.11. The summed E-state index contributed by atoms with van der Waals surface area (Å²) >= 11 is 1.28. The Bertz CT molecular complexity index is 1390. The van der Waals surface area contributed by atoms with Crippen LogP contribution in [0.2, 0.25) is 0 Å². The first-order valence-electron chi connectivity index (χ1n) is 11.4. The molecule has 1 amide bonds. The second kappa shape index (κ2) is 12.1. The van der Waals surface area contributed by atoms with Crippen LogP contribution < -0.4 is 19.6 Å². The minimum Gasteiger partial charge on any atom is -0.496 e. The topological polar surface area (TPSA) is 99.9 Å². The molecule has 4 rings (SSSR count). The molecule has 190 valence electrons. The highest BCUT2D eigenvalue weighted by Gasteiger charge is 2.17. The van der Waals surface area contributed by atoms with Gasteiger partial charge in [-0.2, -0.15) is 5.10 Å². The smallest absolute Gasteiger partial charge is 0.250 e. The van der Waals surface area contributed by atoms with E-state index in [1.807, 2.05) is 66.1 Å². The van der Waals surface area contributed by atoms with E-state index in [9.17, 15) is 4.79 Å². The average molecular weight is 518 g/mol. The van der Waals surface area contributed by atoms with Crippen LogP contribution >= 0.6 is 11.8 Å². The van der Waals surface area contributed by atoms with Crippen LogP contribution in [0.5, 0.6) is 17.2 Å². The number of methoxy groups -OCH3 is 3. The number of benzene rings is 3. The van der Waals surface area contributed by atoms with Crippen molar-refractivity contribution in [1.82, 2.24) is 20.2 Å². The molecule has 9 nitrogen and oxygen atoms in total. The van der Waals surface area contributed by atoms with Crippen LogP contribution in [0.1, 0.15) is 11.1 Å². The van der Waals surface area contributed by atoms with Gasteiger partial charge >= 0.3 is 0 Å². The third-order valence-electron chi connectivity index (χ3n) is 5.42. The molecule has 3 aromatic carbocycles. The predicted octanol–water partition coefficient (Wildman–Crippen LogP) is 4.51. The Morgan fingerprint density at radius 2 is 1.62 bits per heavy atom. The van der Waals surface area contributed by atoms with E-state index in [2.05, 4.69) is 20.7 Å². The predicted molar refractivity (Wildman–Crippen MR) is 144 cm³/mol. The maximum Gasteiger partial charge on any atom is 0.250 e. The highest BCUT2D eigenvalue weighted by atomic mass is 32.2. The molecule has 37 heavy (non-hydrogen) atoms. The SMILES string of the molecule is COc1cc(OC)c(OC)cc1/C=N\NC(=O)CSc1nnc(-c2ccc(C)cc2)n1-c1ccccc1. The number of nitrogens with one attached hydrogen (secondary N) is 1. The van der Waals surface area contributed by atoms with Gasteiger partial charge in [0, 0.05) is 22.9 Å². The van der Waals surface area contributed by atoms with E-state index in [0.29, 0.717) is 33.8 Å². The molecule has 4 aromatic rings. The number of ether oxygens (including phenoxy) is 3. The van der Waals surface area contributed by atoms with E-state index in [-0.39, 0.29) is 11.7 Å². The van der Waals surface area contributed by atoms with Crippen molar-refractivity contribution in [2.24, 2.45) is 5.10 Å². The fourth-order valence-corrected chi connectivity index (χ4v) is 4.30. The van der Waals surface area contributed by atoms with Gasteiger partial charge in [-0.3, -0.25) is 9.36 Å². The van der Waals surface area contributed by atoms with Gasteiger partial charge in [0.1, 0.15) is 5.75 Å². The molecule has 0 bridgehead atoms. The fourth-order valence-electron chi connectivity index (χ4n) is 3.55. The number of thioether (sulfide) groups is 1. The Kier molecular flexibility index (Phi) is 8.42. The van der Waals surface area contributed by atoms with Crippen molar-refractivity contribution in [2.45, 2.75) is 12.1 Å². The average Bonchev–Trinajstić information content (AvgIpc) is 3.36. The molecule has 0 aliphatic rings. The van der Waals surface area contributed by atoms with E-state index < -0.39 is 0 Å². The highest BCUT2D eigenvalue weighted by molar-refractivity contribution is 7.99. The lowest BCUT2D eigenvalue weighted by atomic mass is 10.1. The Morgan fingerprint density at radius 1 is 0.946 bits per heavy atom. The summed E-state index contributed by atoms with van der Waals surface area (Å²) in [6.45, 7) is 2.04. The number of hydrogen-bond acceptors (Lipinski definition) is 8. The van der Waals surface area contributed by atoms with Gasteiger partial charge in [0.2, 0.25) is 0 Å². The van der Waals surface area contributed by atoms with Gasteiger partial charge in [-0.1, -0.05) is 59.8 Å². The first-order valence-corrected chi connectivity index (χ1v) is 12.3. The molecule has 0 atom stereocenters. The number of aryl methyl sites for hydroxylation is 1. The normalized spacial score (nSPS) is 10.9. The molecule has 10 heteroatoms. The number of amides is 1. The van der Waals surface area contributed by atoms with Crippen molar-refractivity contribution in [2.75, 3.05) is 27.1 Å². The summed E-state index contributed by atoms with van der Waals surface area (Å²) in [5.74, 6) is 2.09. The molecule has 1 heterocycles. The molecular weight excluding hydrogens is 490 g/mol. The van der Waals surface area contributed by atoms with E-state index >= 15 is 0 Å². The van der Waals surface area contributed by atoms with E-state index in [4.69, 9.17) is 14.2 Å². The third-order valence-corrected chi connectivity index (χ3v) is 6.35. The minimum atomic E-state index is -0.291. The number of hydrazone groups is 1. The number of para-hydroxylation sites is 1. The Balaban J connectivity index is 1.48. The van der Waals surface area contributed by atoms with Crippen LogP contribution in [0.25, 0.3) is 17.1 Å². The van der Waals surface area contributed by atoms with Gasteiger partial charge in [0.05, 0.1) is 33.3 Å². The molecule has 0 aliphatic heterocycles. The third kappa shape index (κ3) is 6.10. The van der Waals surface area contributed by atoms with Crippen molar-refractivity contribution < 1.29 is 19.0 Å². The van der Waals surface area contributed by atoms with Crippen LogP contribution in [-0.4, -0.2) is 54.0 Å². The Labute approximate surface area is 219 Å². The maximum atomic E-state index is 12.6. The van der Waals surface area contributed by atoms with Crippen LogP contribution in [0.15, 0.2) is 77.0 Å². The van der Waals surface area contributed by atoms with Crippen molar-refractivity contribution in [1.29, 1.82) is 0 Å². The van der Waals surface area contributed by atoms with Crippen LogP contribution in [0, 0.1) is 6.92 Å². The summed E-state index contributed by atoms with van der Waals surface area (Å²) < 4.78 is 18.0. The zero-order valence-corrected chi connectivity index (χ0v) is 21.8. The van der Waals surface area contributed by atoms with Gasteiger partial charge in [-0.15, -0.1) is 10.2 Å². The lowest BCUT2D eigenvalue weighted by molar-refractivity contribution is -0.118. The summed E-state index contributed by atoms with van der Waals surface area (Å²) in [5.41, 5.74) is 6.18. The molecular formula is C27H27N5O4S. The first-order chi connectivity index (χ1) is 18.0. The largest absolute Gasteiger partial charge is 0.496 e. The molecule has 1 aromatic heterocycles. The highest BCUT2D eigenvalue weighted by Crippen LogP contribution is 2.34. The zero-order valence-electron chi connectivity index (χ0n) is 21.0. The molecule has 0 fully saturated rings. The zero-order chi connectivity index (χ0) is 26.2. The quantitative estimate of drug-likeness (QED) is 0.188. The van der Waals surface area contributed by atoms with Crippen LogP contribution in [0.4, 0.5) is 0 Å². The van der Waals surface area contributed by atoms with E-state index in [0.717, 1.165) is 16.8 Å². The molecule has 0 saturated carbocycles. The molecule has 0 radical (unpaired) electrons. The minimum absolute atomic E-state index is 0.0965. The molecule has 1 N–H and O–H groups in total. The number of rotatable bonds is 10. The number of nitrogens with zero attached hydrogens (tertiary/aromatic N) is 4. The Hall–Kier alpha value is -4.31. The molecule has 0 saturated heterocycles. The number of carbonyl (C=O) groups is 1. The van der Waals surface area contributed by atoms with Gasteiger partial charge in [-0.25, -0.2) is 5.43 Å². The summed E-state index contributed by atoms with van der Waals surface area (Å²) in [6, 6.07) is 21.3. The standard InChI is InChI=1S/C27H27N5O4S/c1-18-10-12-19(13-11-18)26-30-31-27(32(26)21-8-6-5-7-9-21)37-17-25(33)29-28-16-20-14-23(35-3)24(36-4)15-22(20)34-2/h5-16H,17H2,1-4H3,(H,29,33)/b28-16-. The van der Waals surface area contributed by atoms with Crippen molar-refractivity contribution in [3.05, 3.63) is 77.9 Å². The lowest BCUT2D eigenvalue weighted by Crippen LogP contribution is -2.20. The monoisotopic (exact) mass is 517 g/mol. The molecule has 0 unspecified atom stereocenters. The van der Waals surface area contributed by atoms with E-state index in [1.165, 1.54) is 18.0 Å². The van der Waals surface area contributed by atoms with Gasteiger partial charge in [-0.05, 0) is 25.1 Å². The number of carbonyl (C=O) groups excluding carboxylic acids is 1. The number of aromatic nitrogens is 3. The second-order valence-electron chi connectivity index (χ2n) is 7.87. The van der Waals surface area contributed by atoms with Gasteiger partial charge in [0.15, 0.2) is 22.5 Å². The Morgan fingerprint density at radius 3 is 2.30 bits per heavy atom. The fraction of sp³-hybridized carbons (Fsp3) is 0.185.